The molecule has 1 nitrogen and oxygen atoms in total. The monoisotopic (exact) mass is 264 g/mol. The van der Waals surface area contributed by atoms with E-state index < -0.39 is 19.8 Å². The van der Waals surface area contributed by atoms with Crippen molar-refractivity contribution < 1.29 is 4.79 Å². The third-order valence-electron chi connectivity index (χ3n) is 2.05. The average Bonchev–Trinajstić information content (AvgIpc) is 2.05. The Kier molecular flexibility index (Phi) is 8.93. The Morgan fingerprint density at radius 3 is 1.82 bits per heavy atom. The van der Waals surface area contributed by atoms with Crippen LogP contribution in [-0.2, 0) is 4.79 Å². The molecule has 0 saturated heterocycles. The predicted molar refractivity (Wildman–Crippen MR) is 53.3 cm³/mol. The molecule has 0 unspecified atom stereocenters. The molecule has 0 aromatic rings. The SMILES string of the molecule is CCC[CH2][SnH]([CH]=O)[CH2]CCC. The van der Waals surface area contributed by atoms with Crippen molar-refractivity contribution in [3.63, 3.8) is 0 Å². The maximum atomic E-state index is 10.6. The van der Waals surface area contributed by atoms with Crippen molar-refractivity contribution in [3.05, 3.63) is 0 Å². The Labute approximate surface area is 77.3 Å². The standard InChI is InChI=1S/2C4H9.CHO.Sn.H/c2*1-3-4-2;1-2;;/h2*1,3-4H2,2H3;1H;;. The fourth-order valence-corrected chi connectivity index (χ4v) is 8.14. The van der Waals surface area contributed by atoms with Gasteiger partial charge < -0.3 is 0 Å². The fourth-order valence-electron chi connectivity index (χ4n) is 1.21. The van der Waals surface area contributed by atoms with Gasteiger partial charge in [-0.15, -0.1) is 0 Å². The number of carbonyl (C=O) groups excluding carboxylic acids is 1. The van der Waals surface area contributed by atoms with E-state index in [-0.39, 0.29) is 0 Å². The molecular weight excluding hydrogens is 243 g/mol. The van der Waals surface area contributed by atoms with Gasteiger partial charge in [0.05, 0.1) is 0 Å². The Balaban J connectivity index is 3.33. The zero-order valence-electron chi connectivity index (χ0n) is 7.81. The van der Waals surface area contributed by atoms with Crippen LogP contribution in [0, 0.1) is 0 Å². The molecule has 0 amide bonds. The van der Waals surface area contributed by atoms with Crippen LogP contribution >= 0.6 is 0 Å². The summed E-state index contributed by atoms with van der Waals surface area (Å²) in [4.78, 5) is 10.6. The summed E-state index contributed by atoms with van der Waals surface area (Å²) in [6.45, 7) is 4.40. The summed E-state index contributed by atoms with van der Waals surface area (Å²) in [5, 5.41) is 0. The Morgan fingerprint density at radius 1 is 1.09 bits per heavy atom. The molecular formula is C9H20OSn. The molecule has 0 aliphatic heterocycles. The van der Waals surface area contributed by atoms with Crippen molar-refractivity contribution in [3.8, 4) is 0 Å². The molecule has 2 heteroatoms. The van der Waals surface area contributed by atoms with Gasteiger partial charge in [0.15, 0.2) is 0 Å². The molecule has 0 saturated carbocycles. The summed E-state index contributed by atoms with van der Waals surface area (Å²) in [5.41, 5.74) is 0. The molecule has 0 atom stereocenters. The summed E-state index contributed by atoms with van der Waals surface area (Å²) in [6, 6.07) is 0. The second-order valence-electron chi connectivity index (χ2n) is 3.18. The molecule has 0 aromatic heterocycles. The molecule has 0 fully saturated rings. The third kappa shape index (κ3) is 6.85. The number of hydrogen-bond donors (Lipinski definition) is 0. The second-order valence-corrected chi connectivity index (χ2v) is 11.6. The van der Waals surface area contributed by atoms with Crippen molar-refractivity contribution in [2.75, 3.05) is 0 Å². The first-order valence-electron chi connectivity index (χ1n) is 4.80. The van der Waals surface area contributed by atoms with Gasteiger partial charge in [-0.25, -0.2) is 0 Å². The van der Waals surface area contributed by atoms with E-state index in [1.807, 2.05) is 0 Å². The molecule has 0 heterocycles. The Bertz CT molecular complexity index is 85.6. The molecule has 0 aromatic carbocycles. The molecule has 0 radical (unpaired) electrons. The fraction of sp³-hybridized carbons (Fsp3) is 0.889. The van der Waals surface area contributed by atoms with E-state index in [0.29, 0.717) is 0 Å². The number of rotatable bonds is 7. The Hall–Kier alpha value is 0.469. The zero-order chi connectivity index (χ0) is 8.53. The van der Waals surface area contributed by atoms with Gasteiger partial charge in [0, 0.05) is 0 Å². The average molecular weight is 263 g/mol. The molecule has 66 valence electrons. The first-order valence-corrected chi connectivity index (χ1v) is 11.4. The van der Waals surface area contributed by atoms with E-state index in [9.17, 15) is 4.79 Å². The summed E-state index contributed by atoms with van der Waals surface area (Å²) in [6.07, 6.45) is 5.10. The van der Waals surface area contributed by atoms with Crippen LogP contribution in [0.2, 0.25) is 8.87 Å². The van der Waals surface area contributed by atoms with Crippen molar-refractivity contribution >= 4 is 24.1 Å². The van der Waals surface area contributed by atoms with Gasteiger partial charge in [0.1, 0.15) is 0 Å². The summed E-state index contributed by atoms with van der Waals surface area (Å²) >= 11 is -1.58. The quantitative estimate of drug-likeness (QED) is 0.509. The van der Waals surface area contributed by atoms with Gasteiger partial charge in [-0.05, 0) is 0 Å². The van der Waals surface area contributed by atoms with Gasteiger partial charge in [-0.2, -0.15) is 0 Å². The molecule has 0 spiro atoms. The van der Waals surface area contributed by atoms with Gasteiger partial charge in [0.25, 0.3) is 0 Å². The van der Waals surface area contributed by atoms with Crippen LogP contribution in [-0.4, -0.2) is 24.1 Å². The third-order valence-corrected chi connectivity index (χ3v) is 9.71. The summed E-state index contributed by atoms with van der Waals surface area (Å²) in [7, 11) is 0. The minimum absolute atomic E-state index is 1.26. The molecule has 0 N–H and O–H groups in total. The van der Waals surface area contributed by atoms with Crippen LogP contribution in [0.4, 0.5) is 0 Å². The second kappa shape index (κ2) is 8.56. The minimum atomic E-state index is -1.58. The van der Waals surface area contributed by atoms with E-state index in [0.717, 1.165) is 0 Å². The number of carbonyl (C=O) groups is 1. The summed E-state index contributed by atoms with van der Waals surface area (Å²) in [5.74, 6) is 0. The Morgan fingerprint density at radius 2 is 1.55 bits per heavy atom. The van der Waals surface area contributed by atoms with Crippen LogP contribution in [0.5, 0.6) is 0 Å². The maximum absolute atomic E-state index is 10.6. The summed E-state index contributed by atoms with van der Waals surface area (Å²) < 4.78 is 3.95. The topological polar surface area (TPSA) is 17.1 Å². The van der Waals surface area contributed by atoms with Gasteiger partial charge in [0.2, 0.25) is 0 Å². The molecule has 0 rings (SSSR count). The molecule has 11 heavy (non-hydrogen) atoms. The van der Waals surface area contributed by atoms with Crippen LogP contribution < -0.4 is 0 Å². The zero-order valence-corrected chi connectivity index (χ0v) is 11.1. The number of unbranched alkanes of at least 4 members (excludes halogenated alkanes) is 2. The first kappa shape index (κ1) is 11.5. The molecule has 0 aliphatic carbocycles. The van der Waals surface area contributed by atoms with E-state index in [1.54, 1.807) is 0 Å². The van der Waals surface area contributed by atoms with E-state index in [1.165, 1.54) is 38.9 Å². The van der Waals surface area contributed by atoms with Crippen molar-refractivity contribution in [2.24, 2.45) is 0 Å². The van der Waals surface area contributed by atoms with Crippen molar-refractivity contribution in [2.45, 2.75) is 48.4 Å². The first-order chi connectivity index (χ1) is 5.35. The van der Waals surface area contributed by atoms with E-state index in [4.69, 9.17) is 0 Å². The normalized spacial score (nSPS) is 10.5. The van der Waals surface area contributed by atoms with Crippen LogP contribution in [0.25, 0.3) is 0 Å². The predicted octanol–water partition coefficient (Wildman–Crippen LogP) is 2.59. The van der Waals surface area contributed by atoms with Crippen molar-refractivity contribution in [1.82, 2.24) is 0 Å². The number of hydrogen-bond acceptors (Lipinski definition) is 1. The van der Waals surface area contributed by atoms with Gasteiger partial charge in [-0.3, -0.25) is 0 Å². The van der Waals surface area contributed by atoms with Gasteiger partial charge >= 0.3 is 77.3 Å². The van der Waals surface area contributed by atoms with Crippen molar-refractivity contribution in [1.29, 1.82) is 0 Å². The van der Waals surface area contributed by atoms with Crippen LogP contribution in [0.15, 0.2) is 0 Å². The van der Waals surface area contributed by atoms with Crippen LogP contribution in [0.3, 0.4) is 0 Å². The van der Waals surface area contributed by atoms with E-state index >= 15 is 0 Å². The van der Waals surface area contributed by atoms with E-state index in [2.05, 4.69) is 13.8 Å². The van der Waals surface area contributed by atoms with Crippen LogP contribution in [0.1, 0.15) is 39.5 Å². The van der Waals surface area contributed by atoms with Gasteiger partial charge in [-0.1, -0.05) is 0 Å². The molecule has 0 bridgehead atoms. The molecule has 0 aliphatic rings.